The lowest BCUT2D eigenvalue weighted by Crippen LogP contribution is -2.44. The van der Waals surface area contributed by atoms with Gasteiger partial charge in [0.15, 0.2) is 0 Å². The molecule has 1 aliphatic heterocycles. The number of hydrogen-bond donors (Lipinski definition) is 1. The highest BCUT2D eigenvalue weighted by Gasteiger charge is 2.26. The van der Waals surface area contributed by atoms with Crippen molar-refractivity contribution in [2.75, 3.05) is 13.1 Å². The Balaban J connectivity index is 1.66. The molecular formula is C15H16N4O3. The summed E-state index contributed by atoms with van der Waals surface area (Å²) in [4.78, 5) is 35.8. The number of carbonyl (C=O) groups is 1. The first-order chi connectivity index (χ1) is 10.7. The standard InChI is InChI=1S/C15H16N4O3/c20-13-4-3-11(8-18-13)15(21)19-7-1-2-12(10-19)22-14-9-16-5-6-17-14/h3-6,8-9,12H,1-2,7,10H2,(H,18,20). The molecule has 3 rings (SSSR count). The fourth-order valence-corrected chi connectivity index (χ4v) is 2.46. The molecule has 3 heterocycles. The molecule has 0 aromatic carbocycles. The van der Waals surface area contributed by atoms with Gasteiger partial charge in [0.05, 0.1) is 18.3 Å². The van der Waals surface area contributed by atoms with E-state index in [1.54, 1.807) is 23.5 Å². The summed E-state index contributed by atoms with van der Waals surface area (Å²) in [6.07, 6.45) is 7.78. The van der Waals surface area contributed by atoms with E-state index >= 15 is 0 Å². The van der Waals surface area contributed by atoms with Gasteiger partial charge >= 0.3 is 0 Å². The molecule has 1 unspecified atom stereocenters. The Labute approximate surface area is 127 Å². The van der Waals surface area contributed by atoms with Gasteiger partial charge < -0.3 is 14.6 Å². The number of amides is 1. The molecule has 1 N–H and O–H groups in total. The fourth-order valence-electron chi connectivity index (χ4n) is 2.46. The molecule has 1 saturated heterocycles. The quantitative estimate of drug-likeness (QED) is 0.908. The predicted molar refractivity (Wildman–Crippen MR) is 78.6 cm³/mol. The zero-order valence-electron chi connectivity index (χ0n) is 11.9. The number of rotatable bonds is 3. The summed E-state index contributed by atoms with van der Waals surface area (Å²) in [5.74, 6) is 0.356. The van der Waals surface area contributed by atoms with Crippen LogP contribution in [0, 0.1) is 0 Å². The maximum atomic E-state index is 12.4. The fraction of sp³-hybridized carbons (Fsp3) is 0.333. The summed E-state index contributed by atoms with van der Waals surface area (Å²) in [7, 11) is 0. The summed E-state index contributed by atoms with van der Waals surface area (Å²) in [5, 5.41) is 0. The number of H-pyrrole nitrogens is 1. The van der Waals surface area contributed by atoms with E-state index in [-0.39, 0.29) is 17.6 Å². The van der Waals surface area contributed by atoms with E-state index in [1.807, 2.05) is 0 Å². The highest BCUT2D eigenvalue weighted by molar-refractivity contribution is 5.93. The number of aromatic nitrogens is 3. The van der Waals surface area contributed by atoms with Gasteiger partial charge in [-0.2, -0.15) is 0 Å². The van der Waals surface area contributed by atoms with Crippen molar-refractivity contribution in [3.63, 3.8) is 0 Å². The van der Waals surface area contributed by atoms with Crippen molar-refractivity contribution in [2.24, 2.45) is 0 Å². The van der Waals surface area contributed by atoms with E-state index in [1.165, 1.54) is 18.3 Å². The smallest absolute Gasteiger partial charge is 0.255 e. The topological polar surface area (TPSA) is 88.2 Å². The second kappa shape index (κ2) is 6.38. The van der Waals surface area contributed by atoms with E-state index in [9.17, 15) is 9.59 Å². The first-order valence-electron chi connectivity index (χ1n) is 7.13. The molecule has 0 bridgehead atoms. The second-order valence-electron chi connectivity index (χ2n) is 5.12. The van der Waals surface area contributed by atoms with Gasteiger partial charge in [0, 0.05) is 31.2 Å². The third-order valence-corrected chi connectivity index (χ3v) is 3.52. The Morgan fingerprint density at radius 3 is 3.00 bits per heavy atom. The van der Waals surface area contributed by atoms with Gasteiger partial charge in [0.25, 0.3) is 5.91 Å². The average Bonchev–Trinajstić information content (AvgIpc) is 2.56. The van der Waals surface area contributed by atoms with Gasteiger partial charge in [-0.1, -0.05) is 0 Å². The minimum absolute atomic E-state index is 0.0999. The van der Waals surface area contributed by atoms with Crippen molar-refractivity contribution in [3.8, 4) is 5.88 Å². The summed E-state index contributed by atoms with van der Waals surface area (Å²) >= 11 is 0. The van der Waals surface area contributed by atoms with Crippen LogP contribution in [0.5, 0.6) is 5.88 Å². The summed E-state index contributed by atoms with van der Waals surface area (Å²) in [6, 6.07) is 2.89. The molecule has 0 spiro atoms. The molecule has 7 nitrogen and oxygen atoms in total. The molecule has 2 aromatic rings. The lowest BCUT2D eigenvalue weighted by Gasteiger charge is -2.32. The number of hydrogen-bond acceptors (Lipinski definition) is 5. The van der Waals surface area contributed by atoms with Crippen LogP contribution in [0.4, 0.5) is 0 Å². The molecular weight excluding hydrogens is 284 g/mol. The van der Waals surface area contributed by atoms with Crippen molar-refractivity contribution in [3.05, 3.63) is 52.8 Å². The summed E-state index contributed by atoms with van der Waals surface area (Å²) in [6.45, 7) is 1.17. The molecule has 22 heavy (non-hydrogen) atoms. The minimum Gasteiger partial charge on any atom is -0.471 e. The third kappa shape index (κ3) is 3.30. The molecule has 1 fully saturated rings. The van der Waals surface area contributed by atoms with Crippen LogP contribution in [0.2, 0.25) is 0 Å². The van der Waals surface area contributed by atoms with Crippen LogP contribution < -0.4 is 10.3 Å². The predicted octanol–water partition coefficient (Wildman–Crippen LogP) is 0.848. The molecule has 2 aromatic heterocycles. The molecule has 1 amide bonds. The van der Waals surface area contributed by atoms with Gasteiger partial charge in [-0.15, -0.1) is 0 Å². The minimum atomic E-state index is -0.223. The van der Waals surface area contributed by atoms with Crippen LogP contribution in [-0.2, 0) is 0 Å². The maximum absolute atomic E-state index is 12.4. The molecule has 0 aliphatic carbocycles. The molecule has 0 radical (unpaired) electrons. The van der Waals surface area contributed by atoms with Crippen molar-refractivity contribution in [2.45, 2.75) is 18.9 Å². The third-order valence-electron chi connectivity index (χ3n) is 3.52. The van der Waals surface area contributed by atoms with Gasteiger partial charge in [-0.05, 0) is 18.9 Å². The number of likely N-dealkylation sites (tertiary alicyclic amines) is 1. The second-order valence-corrected chi connectivity index (χ2v) is 5.12. The number of piperidine rings is 1. The molecule has 0 saturated carbocycles. The van der Waals surface area contributed by atoms with Crippen LogP contribution in [-0.4, -0.2) is 45.0 Å². The highest BCUT2D eigenvalue weighted by Crippen LogP contribution is 2.17. The van der Waals surface area contributed by atoms with Crippen LogP contribution in [0.3, 0.4) is 0 Å². The molecule has 1 aliphatic rings. The van der Waals surface area contributed by atoms with Crippen LogP contribution in [0.1, 0.15) is 23.2 Å². The van der Waals surface area contributed by atoms with E-state index in [4.69, 9.17) is 4.74 Å². The maximum Gasteiger partial charge on any atom is 0.255 e. The van der Waals surface area contributed by atoms with Crippen LogP contribution in [0.15, 0.2) is 41.7 Å². The Hall–Kier alpha value is -2.70. The van der Waals surface area contributed by atoms with Crippen molar-refractivity contribution in [1.82, 2.24) is 19.9 Å². The highest BCUT2D eigenvalue weighted by atomic mass is 16.5. The average molecular weight is 300 g/mol. The molecule has 7 heteroatoms. The van der Waals surface area contributed by atoms with Crippen LogP contribution in [0.25, 0.3) is 0 Å². The lowest BCUT2D eigenvalue weighted by atomic mass is 10.1. The first-order valence-corrected chi connectivity index (χ1v) is 7.13. The Morgan fingerprint density at radius 2 is 2.27 bits per heavy atom. The monoisotopic (exact) mass is 300 g/mol. The van der Waals surface area contributed by atoms with E-state index in [0.29, 0.717) is 24.5 Å². The van der Waals surface area contributed by atoms with E-state index < -0.39 is 0 Å². The number of nitrogens with zero attached hydrogens (tertiary/aromatic N) is 3. The van der Waals surface area contributed by atoms with E-state index in [0.717, 1.165) is 12.8 Å². The first kappa shape index (κ1) is 14.2. The van der Waals surface area contributed by atoms with Crippen molar-refractivity contribution in [1.29, 1.82) is 0 Å². The Morgan fingerprint density at radius 1 is 1.36 bits per heavy atom. The van der Waals surface area contributed by atoms with Crippen LogP contribution >= 0.6 is 0 Å². The van der Waals surface area contributed by atoms with Gasteiger partial charge in [0.1, 0.15) is 6.10 Å². The van der Waals surface area contributed by atoms with Crippen molar-refractivity contribution < 1.29 is 9.53 Å². The molecule has 114 valence electrons. The molecule has 1 atom stereocenters. The normalized spacial score (nSPS) is 18.0. The number of pyridine rings is 1. The van der Waals surface area contributed by atoms with Gasteiger partial charge in [-0.3, -0.25) is 14.6 Å². The Bertz CT molecular complexity index is 681. The SMILES string of the molecule is O=C(c1ccc(=O)[nH]c1)N1CCCC(Oc2cnccn2)C1. The number of aromatic amines is 1. The number of carbonyl (C=O) groups excluding carboxylic acids is 1. The largest absolute Gasteiger partial charge is 0.471 e. The zero-order chi connectivity index (χ0) is 15.4. The Kier molecular flexibility index (Phi) is 4.13. The zero-order valence-corrected chi connectivity index (χ0v) is 11.9. The van der Waals surface area contributed by atoms with Gasteiger partial charge in [0.2, 0.25) is 11.4 Å². The van der Waals surface area contributed by atoms with Gasteiger partial charge in [-0.25, -0.2) is 4.98 Å². The van der Waals surface area contributed by atoms with E-state index in [2.05, 4.69) is 15.0 Å². The summed E-state index contributed by atoms with van der Waals surface area (Å²) < 4.78 is 5.77. The number of nitrogens with one attached hydrogen (secondary N) is 1. The summed E-state index contributed by atoms with van der Waals surface area (Å²) in [5.41, 5.74) is 0.249. The number of ether oxygens (including phenoxy) is 1. The van der Waals surface area contributed by atoms with Crippen molar-refractivity contribution >= 4 is 5.91 Å². The lowest BCUT2D eigenvalue weighted by molar-refractivity contribution is 0.0526.